The minimum Gasteiger partial charge on any atom is -0.360 e. The molecule has 0 atom stereocenters. The molecular formula is C15H21N3O2S. The Labute approximate surface area is 130 Å². The van der Waals surface area contributed by atoms with E-state index in [9.17, 15) is 10.1 Å². The highest BCUT2D eigenvalue weighted by Crippen LogP contribution is 2.26. The predicted octanol–water partition coefficient (Wildman–Crippen LogP) is 3.85. The third kappa shape index (κ3) is 4.67. The van der Waals surface area contributed by atoms with Crippen molar-refractivity contribution in [3.05, 3.63) is 34.4 Å². The molecule has 1 aromatic carbocycles. The fraction of sp³-hybridized carbons (Fsp3) is 0.533. The van der Waals surface area contributed by atoms with Crippen LogP contribution in [-0.2, 0) is 0 Å². The van der Waals surface area contributed by atoms with Crippen molar-refractivity contribution in [3.8, 4) is 0 Å². The minimum absolute atomic E-state index is 0.0808. The molecule has 0 bridgehead atoms. The molecule has 1 saturated carbocycles. The van der Waals surface area contributed by atoms with Crippen LogP contribution in [0.4, 0.5) is 11.4 Å². The van der Waals surface area contributed by atoms with Gasteiger partial charge in [-0.2, -0.15) is 0 Å². The van der Waals surface area contributed by atoms with Crippen LogP contribution in [0.1, 0.15) is 39.0 Å². The highest BCUT2D eigenvalue weighted by Gasteiger charge is 2.20. The van der Waals surface area contributed by atoms with E-state index in [1.54, 1.807) is 12.1 Å². The Morgan fingerprint density at radius 2 is 1.90 bits per heavy atom. The first-order chi connectivity index (χ1) is 10.1. The summed E-state index contributed by atoms with van der Waals surface area (Å²) in [6, 6.07) is 6.71. The van der Waals surface area contributed by atoms with Crippen molar-refractivity contribution in [3.63, 3.8) is 0 Å². The van der Waals surface area contributed by atoms with Gasteiger partial charge in [-0.1, -0.05) is 13.3 Å². The first-order valence-electron chi connectivity index (χ1n) is 7.40. The molecule has 0 aromatic heterocycles. The number of non-ortho nitro benzene ring substituents is 1. The smallest absolute Gasteiger partial charge is 0.269 e. The Hall–Kier alpha value is -1.69. The van der Waals surface area contributed by atoms with Crippen molar-refractivity contribution in [2.24, 2.45) is 5.92 Å². The zero-order valence-corrected chi connectivity index (χ0v) is 13.0. The maximum atomic E-state index is 10.6. The Bertz CT molecular complexity index is 496. The van der Waals surface area contributed by atoms with Crippen LogP contribution in [0.2, 0.25) is 0 Å². The fourth-order valence-corrected chi connectivity index (χ4v) is 3.02. The van der Waals surface area contributed by atoms with Gasteiger partial charge in [-0.25, -0.2) is 0 Å². The van der Waals surface area contributed by atoms with Crippen molar-refractivity contribution >= 4 is 28.7 Å². The van der Waals surface area contributed by atoms with E-state index in [0.717, 1.165) is 24.4 Å². The lowest BCUT2D eigenvalue weighted by Gasteiger charge is -2.29. The SMILES string of the molecule is CCC1CCC(NC(=S)Nc2ccc([N+](=O)[O-])cc2)CC1. The molecule has 1 aliphatic rings. The summed E-state index contributed by atoms with van der Waals surface area (Å²) >= 11 is 5.30. The van der Waals surface area contributed by atoms with Crippen molar-refractivity contribution in [2.45, 2.75) is 45.1 Å². The van der Waals surface area contributed by atoms with Crippen molar-refractivity contribution in [2.75, 3.05) is 5.32 Å². The number of rotatable bonds is 4. The normalized spacial score (nSPS) is 21.6. The van der Waals surface area contributed by atoms with Crippen LogP contribution in [-0.4, -0.2) is 16.1 Å². The van der Waals surface area contributed by atoms with Crippen LogP contribution in [0.5, 0.6) is 0 Å². The molecule has 114 valence electrons. The standard InChI is InChI=1S/C15H21N3O2S/c1-2-11-3-5-12(6-4-11)16-15(21)17-13-7-9-14(10-8-13)18(19)20/h7-12H,2-6H2,1H3,(H2,16,17,21). The van der Waals surface area contributed by atoms with Crippen LogP contribution >= 0.6 is 12.2 Å². The molecule has 5 nitrogen and oxygen atoms in total. The van der Waals surface area contributed by atoms with Gasteiger partial charge in [0.2, 0.25) is 0 Å². The molecule has 2 N–H and O–H groups in total. The Kier molecular flexibility index (Phi) is 5.50. The highest BCUT2D eigenvalue weighted by molar-refractivity contribution is 7.80. The quantitative estimate of drug-likeness (QED) is 0.502. The summed E-state index contributed by atoms with van der Waals surface area (Å²) in [6.07, 6.45) is 6.09. The van der Waals surface area contributed by atoms with Gasteiger partial charge in [-0.05, 0) is 56.0 Å². The number of nitrogens with one attached hydrogen (secondary N) is 2. The van der Waals surface area contributed by atoms with E-state index in [4.69, 9.17) is 12.2 Å². The van der Waals surface area contributed by atoms with Gasteiger partial charge in [-0.15, -0.1) is 0 Å². The van der Waals surface area contributed by atoms with E-state index in [-0.39, 0.29) is 5.69 Å². The maximum Gasteiger partial charge on any atom is 0.269 e. The average molecular weight is 307 g/mol. The summed E-state index contributed by atoms with van der Waals surface area (Å²) in [5.41, 5.74) is 0.845. The van der Waals surface area contributed by atoms with Gasteiger partial charge >= 0.3 is 0 Å². The second-order valence-electron chi connectivity index (χ2n) is 5.53. The van der Waals surface area contributed by atoms with Crippen LogP contribution < -0.4 is 10.6 Å². The Balaban J connectivity index is 1.80. The number of hydrogen-bond acceptors (Lipinski definition) is 3. The predicted molar refractivity (Wildman–Crippen MR) is 88.5 cm³/mol. The molecule has 0 spiro atoms. The summed E-state index contributed by atoms with van der Waals surface area (Å²) in [6.45, 7) is 2.25. The molecule has 0 radical (unpaired) electrons. The lowest BCUT2D eigenvalue weighted by atomic mass is 9.85. The number of anilines is 1. The molecule has 1 fully saturated rings. The maximum absolute atomic E-state index is 10.6. The molecule has 21 heavy (non-hydrogen) atoms. The second-order valence-corrected chi connectivity index (χ2v) is 5.94. The van der Waals surface area contributed by atoms with Gasteiger partial charge in [0.25, 0.3) is 5.69 Å². The van der Waals surface area contributed by atoms with Gasteiger partial charge < -0.3 is 10.6 Å². The summed E-state index contributed by atoms with van der Waals surface area (Å²) in [7, 11) is 0. The van der Waals surface area contributed by atoms with Crippen molar-refractivity contribution in [1.29, 1.82) is 0 Å². The number of thiocarbonyl (C=S) groups is 1. The third-order valence-corrected chi connectivity index (χ3v) is 4.32. The van der Waals surface area contributed by atoms with Crippen LogP contribution in [0.15, 0.2) is 24.3 Å². The number of benzene rings is 1. The minimum atomic E-state index is -0.410. The lowest BCUT2D eigenvalue weighted by Crippen LogP contribution is -2.39. The Morgan fingerprint density at radius 3 is 2.43 bits per heavy atom. The van der Waals surface area contributed by atoms with Crippen LogP contribution in [0.25, 0.3) is 0 Å². The average Bonchev–Trinajstić information content (AvgIpc) is 2.48. The zero-order valence-electron chi connectivity index (χ0n) is 12.2. The van der Waals surface area contributed by atoms with E-state index in [2.05, 4.69) is 17.6 Å². The third-order valence-electron chi connectivity index (χ3n) is 4.10. The van der Waals surface area contributed by atoms with Gasteiger partial charge in [0.05, 0.1) is 4.92 Å². The highest BCUT2D eigenvalue weighted by atomic mass is 32.1. The summed E-state index contributed by atoms with van der Waals surface area (Å²) < 4.78 is 0. The number of nitrogens with zero attached hydrogens (tertiary/aromatic N) is 1. The molecular weight excluding hydrogens is 286 g/mol. The van der Waals surface area contributed by atoms with E-state index in [0.29, 0.717) is 11.2 Å². The zero-order chi connectivity index (χ0) is 15.2. The largest absolute Gasteiger partial charge is 0.360 e. The van der Waals surface area contributed by atoms with E-state index < -0.39 is 4.92 Å². The van der Waals surface area contributed by atoms with Gasteiger partial charge in [0.15, 0.2) is 5.11 Å². The summed E-state index contributed by atoms with van der Waals surface area (Å²) in [5, 5.41) is 17.6. The lowest BCUT2D eigenvalue weighted by molar-refractivity contribution is -0.384. The number of nitro groups is 1. The Morgan fingerprint density at radius 1 is 1.29 bits per heavy atom. The van der Waals surface area contributed by atoms with Gasteiger partial charge in [0.1, 0.15) is 0 Å². The molecule has 0 unspecified atom stereocenters. The van der Waals surface area contributed by atoms with Gasteiger partial charge in [-0.3, -0.25) is 10.1 Å². The van der Waals surface area contributed by atoms with E-state index in [1.807, 2.05) is 0 Å². The number of hydrogen-bond donors (Lipinski definition) is 2. The number of nitro benzene ring substituents is 1. The molecule has 1 aliphatic carbocycles. The molecule has 0 aliphatic heterocycles. The first-order valence-corrected chi connectivity index (χ1v) is 7.81. The van der Waals surface area contributed by atoms with E-state index in [1.165, 1.54) is 31.4 Å². The molecule has 0 saturated heterocycles. The monoisotopic (exact) mass is 307 g/mol. The van der Waals surface area contributed by atoms with Gasteiger partial charge in [0, 0.05) is 23.9 Å². The van der Waals surface area contributed by atoms with Crippen LogP contribution in [0.3, 0.4) is 0 Å². The van der Waals surface area contributed by atoms with E-state index >= 15 is 0 Å². The van der Waals surface area contributed by atoms with Crippen molar-refractivity contribution in [1.82, 2.24) is 5.32 Å². The topological polar surface area (TPSA) is 67.2 Å². The second kappa shape index (κ2) is 7.36. The first kappa shape index (κ1) is 15.7. The molecule has 1 aromatic rings. The molecule has 0 heterocycles. The molecule has 2 rings (SSSR count). The summed E-state index contributed by atoms with van der Waals surface area (Å²) in [4.78, 5) is 10.2. The summed E-state index contributed by atoms with van der Waals surface area (Å²) in [5.74, 6) is 0.860. The molecule has 0 amide bonds. The fourth-order valence-electron chi connectivity index (χ4n) is 2.73. The van der Waals surface area contributed by atoms with Crippen molar-refractivity contribution < 1.29 is 4.92 Å². The molecule has 6 heteroatoms. The van der Waals surface area contributed by atoms with Crippen LogP contribution in [0, 0.1) is 16.0 Å².